The van der Waals surface area contributed by atoms with Gasteiger partial charge in [-0.1, -0.05) is 25.3 Å². The quantitative estimate of drug-likeness (QED) is 0.242. The van der Waals surface area contributed by atoms with E-state index in [2.05, 4.69) is 26.8 Å². The number of carboxylic acids is 1. The maximum Gasteiger partial charge on any atom is 0.309 e. The third-order valence-electron chi connectivity index (χ3n) is 6.77. The van der Waals surface area contributed by atoms with Gasteiger partial charge >= 0.3 is 5.97 Å². The zero-order chi connectivity index (χ0) is 23.7. The second kappa shape index (κ2) is 12.3. The maximum atomic E-state index is 11.2. The molecule has 0 fully saturated rings. The van der Waals surface area contributed by atoms with Crippen LogP contribution in [0.5, 0.6) is 0 Å². The van der Waals surface area contributed by atoms with Crippen molar-refractivity contribution in [3.63, 3.8) is 0 Å². The van der Waals surface area contributed by atoms with Crippen LogP contribution in [0, 0.1) is 26.2 Å². The minimum Gasteiger partial charge on any atom is -0.481 e. The molecule has 4 nitrogen and oxygen atoms in total. The number of rotatable bonds is 15. The van der Waals surface area contributed by atoms with E-state index in [1.807, 2.05) is 27.7 Å². The average molecular weight is 433 g/mol. The number of carboxylic acid groups (broad SMARTS) is 1. The Balaban J connectivity index is 2.57. The highest BCUT2D eigenvalue weighted by atomic mass is 16.5. The summed E-state index contributed by atoms with van der Waals surface area (Å²) in [5.74, 6) is -0.703. The van der Waals surface area contributed by atoms with E-state index in [1.54, 1.807) is 0 Å². The van der Waals surface area contributed by atoms with Crippen LogP contribution in [-0.4, -0.2) is 23.1 Å². The molecule has 4 heteroatoms. The lowest BCUT2D eigenvalue weighted by atomic mass is 9.86. The lowest BCUT2D eigenvalue weighted by Gasteiger charge is -2.22. The van der Waals surface area contributed by atoms with Gasteiger partial charge in [-0.15, -0.1) is 0 Å². The van der Waals surface area contributed by atoms with E-state index >= 15 is 0 Å². The summed E-state index contributed by atoms with van der Waals surface area (Å²) in [4.78, 5) is 21.8. The maximum absolute atomic E-state index is 11.2. The van der Waals surface area contributed by atoms with Crippen LogP contribution in [0.2, 0.25) is 0 Å². The minimum absolute atomic E-state index is 0.384. The van der Waals surface area contributed by atoms with E-state index in [0.29, 0.717) is 6.47 Å². The number of unbranched alkanes of at least 4 members (excludes halogenated alkanes) is 4. The van der Waals surface area contributed by atoms with E-state index in [0.717, 1.165) is 64.2 Å². The van der Waals surface area contributed by atoms with E-state index in [9.17, 15) is 14.7 Å². The van der Waals surface area contributed by atoms with E-state index < -0.39 is 11.4 Å². The predicted molar refractivity (Wildman–Crippen MR) is 128 cm³/mol. The Morgan fingerprint density at radius 1 is 0.903 bits per heavy atom. The van der Waals surface area contributed by atoms with E-state index in [-0.39, 0.29) is 5.60 Å². The zero-order valence-corrected chi connectivity index (χ0v) is 20.9. The van der Waals surface area contributed by atoms with Crippen molar-refractivity contribution in [3.05, 3.63) is 33.9 Å². The summed E-state index contributed by atoms with van der Waals surface area (Å²) in [7, 11) is 0. The van der Waals surface area contributed by atoms with Crippen LogP contribution in [0.3, 0.4) is 0 Å². The number of carbonyl (C=O) groups is 2. The molecular weight excluding hydrogens is 388 g/mol. The fourth-order valence-corrected chi connectivity index (χ4v) is 4.21. The number of hydrogen-bond donors (Lipinski definition) is 1. The Hall–Kier alpha value is -1.84. The Labute approximate surface area is 189 Å². The van der Waals surface area contributed by atoms with Crippen LogP contribution in [0.25, 0.3) is 0 Å². The first kappa shape index (κ1) is 27.2. The van der Waals surface area contributed by atoms with Crippen LogP contribution in [0.4, 0.5) is 0 Å². The number of ether oxygens (including phenoxy) is 1. The summed E-state index contributed by atoms with van der Waals surface area (Å²) in [5.41, 5.74) is 6.13. The highest BCUT2D eigenvalue weighted by Crippen LogP contribution is 2.27. The summed E-state index contributed by atoms with van der Waals surface area (Å²) >= 11 is 0. The minimum atomic E-state index is -0.703. The van der Waals surface area contributed by atoms with Gasteiger partial charge in [-0.25, -0.2) is 0 Å². The van der Waals surface area contributed by atoms with Crippen molar-refractivity contribution in [1.29, 1.82) is 0 Å². The van der Waals surface area contributed by atoms with Crippen molar-refractivity contribution in [2.45, 2.75) is 118 Å². The van der Waals surface area contributed by atoms with Gasteiger partial charge in [0.25, 0.3) is 6.47 Å². The first-order chi connectivity index (χ1) is 14.4. The average Bonchev–Trinajstić information content (AvgIpc) is 2.67. The number of hydrogen-bond acceptors (Lipinski definition) is 3. The molecule has 0 heterocycles. The van der Waals surface area contributed by atoms with Gasteiger partial charge in [-0.05, 0) is 121 Å². The van der Waals surface area contributed by atoms with Crippen LogP contribution in [-0.2, 0) is 27.2 Å². The molecular formula is C27H44O4. The van der Waals surface area contributed by atoms with Gasteiger partial charge in [0.1, 0.15) is 5.60 Å². The largest absolute Gasteiger partial charge is 0.481 e. The predicted octanol–water partition coefficient (Wildman–Crippen LogP) is 6.88. The van der Waals surface area contributed by atoms with Crippen LogP contribution in [0.15, 0.2) is 6.07 Å². The fourth-order valence-electron chi connectivity index (χ4n) is 4.21. The smallest absolute Gasteiger partial charge is 0.309 e. The molecule has 31 heavy (non-hydrogen) atoms. The lowest BCUT2D eigenvalue weighted by molar-refractivity contribution is -0.147. The molecule has 1 aromatic carbocycles. The van der Waals surface area contributed by atoms with Crippen molar-refractivity contribution in [2.24, 2.45) is 5.41 Å². The fraction of sp³-hybridized carbons (Fsp3) is 0.704. The van der Waals surface area contributed by atoms with E-state index in [4.69, 9.17) is 4.74 Å². The lowest BCUT2D eigenvalue weighted by Crippen LogP contribution is -2.23. The Bertz CT molecular complexity index is 731. The molecule has 0 atom stereocenters. The Morgan fingerprint density at radius 3 is 2.10 bits per heavy atom. The van der Waals surface area contributed by atoms with Gasteiger partial charge in [0, 0.05) is 0 Å². The van der Waals surface area contributed by atoms with Crippen LogP contribution < -0.4 is 0 Å². The molecule has 0 bridgehead atoms. The molecule has 0 amide bonds. The van der Waals surface area contributed by atoms with Crippen molar-refractivity contribution in [1.82, 2.24) is 0 Å². The second-order valence-electron chi connectivity index (χ2n) is 10.4. The molecule has 0 aliphatic heterocycles. The first-order valence-corrected chi connectivity index (χ1v) is 11.8. The van der Waals surface area contributed by atoms with Crippen molar-refractivity contribution in [3.8, 4) is 0 Å². The topological polar surface area (TPSA) is 63.6 Å². The molecule has 0 radical (unpaired) electrons. The van der Waals surface area contributed by atoms with Crippen molar-refractivity contribution >= 4 is 12.4 Å². The molecule has 0 spiro atoms. The summed E-state index contributed by atoms with van der Waals surface area (Å²) in [6, 6.07) is 2.34. The molecule has 0 aliphatic carbocycles. The molecule has 0 saturated carbocycles. The number of aliphatic carboxylic acids is 1. The summed E-state index contributed by atoms with van der Waals surface area (Å²) < 4.78 is 5.15. The van der Waals surface area contributed by atoms with Crippen LogP contribution >= 0.6 is 0 Å². The molecule has 176 valence electrons. The van der Waals surface area contributed by atoms with Crippen molar-refractivity contribution in [2.75, 3.05) is 0 Å². The highest BCUT2D eigenvalue weighted by molar-refractivity contribution is 5.73. The summed E-state index contributed by atoms with van der Waals surface area (Å²) in [6.07, 6.45) is 10.2. The van der Waals surface area contributed by atoms with Gasteiger partial charge in [-0.2, -0.15) is 0 Å². The third kappa shape index (κ3) is 9.04. The molecule has 1 rings (SSSR count). The number of aryl methyl sites for hydroxylation is 2. The standard InChI is InChI=1S/C27H44O4/c1-20-18-23(14-11-13-17-27(6,7)31-19-28)22(3)24(21(20)2)15-10-8-9-12-16-26(4,5)25(29)30/h18-19H,8-17H2,1-7H3,(H,29,30). The summed E-state index contributed by atoms with van der Waals surface area (Å²) in [6.45, 7) is 14.8. The van der Waals surface area contributed by atoms with E-state index in [1.165, 1.54) is 27.8 Å². The van der Waals surface area contributed by atoms with Crippen LogP contribution in [0.1, 0.15) is 107 Å². The molecule has 0 saturated heterocycles. The van der Waals surface area contributed by atoms with Gasteiger partial charge in [0.15, 0.2) is 0 Å². The first-order valence-electron chi connectivity index (χ1n) is 11.8. The normalized spacial score (nSPS) is 12.1. The molecule has 0 unspecified atom stereocenters. The van der Waals surface area contributed by atoms with Gasteiger partial charge < -0.3 is 9.84 Å². The molecule has 1 aromatic rings. The van der Waals surface area contributed by atoms with Crippen molar-refractivity contribution < 1.29 is 19.4 Å². The molecule has 0 aliphatic rings. The molecule has 0 aromatic heterocycles. The van der Waals surface area contributed by atoms with Gasteiger partial charge in [-0.3, -0.25) is 9.59 Å². The van der Waals surface area contributed by atoms with Gasteiger partial charge in [0.05, 0.1) is 5.41 Å². The van der Waals surface area contributed by atoms with Gasteiger partial charge in [0.2, 0.25) is 0 Å². The Morgan fingerprint density at radius 2 is 1.48 bits per heavy atom. The second-order valence-corrected chi connectivity index (χ2v) is 10.4. The highest BCUT2D eigenvalue weighted by Gasteiger charge is 2.26. The number of benzene rings is 1. The monoisotopic (exact) mass is 432 g/mol. The third-order valence-corrected chi connectivity index (χ3v) is 6.77. The number of carbonyl (C=O) groups excluding carboxylic acids is 1. The summed E-state index contributed by atoms with van der Waals surface area (Å²) in [5, 5.41) is 9.23. The zero-order valence-electron chi connectivity index (χ0n) is 20.9. The molecule has 1 N–H and O–H groups in total. The Kier molecular flexibility index (Phi) is 10.8. The SMILES string of the molecule is Cc1cc(CCCCC(C)(C)OC=O)c(C)c(CCCCCCC(C)(C)C(=O)O)c1C.